The molecule has 6 N–H and O–H groups in total. The summed E-state index contributed by atoms with van der Waals surface area (Å²) in [5.41, 5.74) is 9.57. The number of nitrogens with two attached hydrogens (primary N) is 2. The number of rotatable bonds is 4. The Morgan fingerprint density at radius 2 is 2.00 bits per heavy atom. The zero-order chi connectivity index (χ0) is 9.56. The average Bonchev–Trinajstić information content (AvgIpc) is 1.97. The molecule has 0 aromatic heterocycles. The first-order chi connectivity index (χ1) is 5.54. The summed E-state index contributed by atoms with van der Waals surface area (Å²) in [7, 11) is 0. The number of carboxylic acids is 1. The minimum absolute atomic E-state index is 0.235. The summed E-state index contributed by atoms with van der Waals surface area (Å²) in [6.45, 7) is 0.281. The molecule has 0 radical (unpaired) electrons. The molecule has 68 valence electrons. The van der Waals surface area contributed by atoms with Gasteiger partial charge in [0.25, 0.3) is 0 Å². The first-order valence-corrected chi connectivity index (χ1v) is 3.26. The highest BCUT2D eigenvalue weighted by Gasteiger charge is 1.98. The van der Waals surface area contributed by atoms with Crippen molar-refractivity contribution in [1.29, 1.82) is 0 Å². The van der Waals surface area contributed by atoms with Crippen molar-refractivity contribution in [2.75, 3.05) is 6.54 Å². The van der Waals surface area contributed by atoms with Crippen molar-refractivity contribution >= 4 is 12.0 Å². The molecule has 0 unspecified atom stereocenters. The van der Waals surface area contributed by atoms with Gasteiger partial charge in [0.2, 0.25) is 0 Å². The predicted molar refractivity (Wildman–Crippen MR) is 42.1 cm³/mol. The number of nitrogens with one attached hydrogen (secondary N) is 1. The highest BCUT2D eigenvalue weighted by molar-refractivity contribution is 5.85. The molecule has 0 aliphatic rings. The summed E-state index contributed by atoms with van der Waals surface area (Å²) < 4.78 is 0. The van der Waals surface area contributed by atoms with Gasteiger partial charge in [0.15, 0.2) is 0 Å². The Bertz CT molecular complexity index is 212. The fourth-order valence-corrected chi connectivity index (χ4v) is 0.510. The molecular formula is C6H11N3O3. The van der Waals surface area contributed by atoms with Gasteiger partial charge in [0.1, 0.15) is 5.70 Å². The smallest absolute Gasteiger partial charge is 0.351 e. The lowest BCUT2D eigenvalue weighted by Gasteiger charge is -1.97. The van der Waals surface area contributed by atoms with Crippen molar-refractivity contribution in [2.24, 2.45) is 11.5 Å². The molecule has 0 saturated heterocycles. The number of carboxylic acid groups (broad SMARTS) is 1. The molecule has 0 aliphatic heterocycles. The Balaban J connectivity index is 3.60. The van der Waals surface area contributed by atoms with Crippen molar-refractivity contribution < 1.29 is 14.7 Å². The third-order valence-electron chi connectivity index (χ3n) is 1.05. The van der Waals surface area contributed by atoms with Crippen molar-refractivity contribution in [3.8, 4) is 0 Å². The SMILES string of the molecule is NC(=O)NCC/C=C(\N)C(=O)O. The van der Waals surface area contributed by atoms with Crippen molar-refractivity contribution in [1.82, 2.24) is 5.32 Å². The molecule has 0 aromatic rings. The summed E-state index contributed by atoms with van der Waals surface area (Å²) in [5, 5.41) is 10.6. The van der Waals surface area contributed by atoms with Crippen LogP contribution in [0, 0.1) is 0 Å². The maximum atomic E-state index is 10.1. The van der Waals surface area contributed by atoms with E-state index in [-0.39, 0.29) is 12.2 Å². The first-order valence-electron chi connectivity index (χ1n) is 3.26. The molecule has 6 nitrogen and oxygen atoms in total. The van der Waals surface area contributed by atoms with Crippen LogP contribution in [0.5, 0.6) is 0 Å². The van der Waals surface area contributed by atoms with Gasteiger partial charge in [-0.2, -0.15) is 0 Å². The van der Waals surface area contributed by atoms with Gasteiger partial charge in [0, 0.05) is 6.54 Å². The normalized spacial score (nSPS) is 10.8. The van der Waals surface area contributed by atoms with Crippen LogP contribution in [-0.2, 0) is 4.79 Å². The fourth-order valence-electron chi connectivity index (χ4n) is 0.510. The van der Waals surface area contributed by atoms with Crippen LogP contribution in [0.3, 0.4) is 0 Å². The van der Waals surface area contributed by atoms with Crippen molar-refractivity contribution in [2.45, 2.75) is 6.42 Å². The Hall–Kier alpha value is -1.72. The van der Waals surface area contributed by atoms with Crippen LogP contribution < -0.4 is 16.8 Å². The molecule has 0 spiro atoms. The van der Waals surface area contributed by atoms with Crippen LogP contribution in [0.25, 0.3) is 0 Å². The molecule has 0 aliphatic carbocycles. The zero-order valence-corrected chi connectivity index (χ0v) is 6.41. The van der Waals surface area contributed by atoms with Crippen molar-refractivity contribution in [3.63, 3.8) is 0 Å². The van der Waals surface area contributed by atoms with E-state index >= 15 is 0 Å². The van der Waals surface area contributed by atoms with Gasteiger partial charge in [0.05, 0.1) is 0 Å². The largest absolute Gasteiger partial charge is 0.477 e. The Labute approximate surface area is 69.2 Å². The molecule has 0 fully saturated rings. The van der Waals surface area contributed by atoms with E-state index < -0.39 is 12.0 Å². The minimum Gasteiger partial charge on any atom is -0.477 e. The summed E-state index contributed by atoms with van der Waals surface area (Å²) in [5.74, 6) is -1.17. The monoisotopic (exact) mass is 173 g/mol. The lowest BCUT2D eigenvalue weighted by molar-refractivity contribution is -0.132. The van der Waals surface area contributed by atoms with E-state index in [4.69, 9.17) is 16.6 Å². The zero-order valence-electron chi connectivity index (χ0n) is 6.41. The number of carbonyl (C=O) groups is 2. The van der Waals surface area contributed by atoms with Gasteiger partial charge in [-0.3, -0.25) is 0 Å². The van der Waals surface area contributed by atoms with Gasteiger partial charge >= 0.3 is 12.0 Å². The standard InChI is InChI=1S/C6H11N3O3/c7-4(5(10)11)2-1-3-9-6(8)12/h2H,1,3,7H2,(H,10,11)(H3,8,9,12)/b4-2-. The van der Waals surface area contributed by atoms with Crippen LogP contribution in [0.2, 0.25) is 0 Å². The molecule has 12 heavy (non-hydrogen) atoms. The molecule has 0 bridgehead atoms. The molecule has 0 atom stereocenters. The van der Waals surface area contributed by atoms with E-state index in [0.717, 1.165) is 0 Å². The van der Waals surface area contributed by atoms with Crippen molar-refractivity contribution in [3.05, 3.63) is 11.8 Å². The molecule has 0 aromatic carbocycles. The number of amides is 2. The summed E-state index contributed by atoms with van der Waals surface area (Å²) in [4.78, 5) is 20.2. The molecule has 6 heteroatoms. The second-order valence-electron chi connectivity index (χ2n) is 2.04. The van der Waals surface area contributed by atoms with Crippen LogP contribution in [0.15, 0.2) is 11.8 Å². The van der Waals surface area contributed by atoms with E-state index in [0.29, 0.717) is 6.42 Å². The second kappa shape index (κ2) is 5.00. The van der Waals surface area contributed by atoms with Gasteiger partial charge in [-0.1, -0.05) is 6.08 Å². The maximum absolute atomic E-state index is 10.1. The Morgan fingerprint density at radius 1 is 1.42 bits per heavy atom. The van der Waals surface area contributed by atoms with Crippen LogP contribution in [0.4, 0.5) is 4.79 Å². The molecule has 0 saturated carbocycles. The molecule has 2 amide bonds. The quantitative estimate of drug-likeness (QED) is 0.321. The molecule has 0 rings (SSSR count). The number of primary amides is 1. The third-order valence-corrected chi connectivity index (χ3v) is 1.05. The van der Waals surface area contributed by atoms with Gasteiger partial charge in [-0.25, -0.2) is 9.59 Å². The van der Waals surface area contributed by atoms with Gasteiger partial charge in [-0.05, 0) is 6.42 Å². The highest BCUT2D eigenvalue weighted by atomic mass is 16.4. The number of carbonyl (C=O) groups excluding carboxylic acids is 1. The molecule has 0 heterocycles. The van der Waals surface area contributed by atoms with Crippen LogP contribution in [0.1, 0.15) is 6.42 Å². The number of hydrogen-bond donors (Lipinski definition) is 4. The average molecular weight is 173 g/mol. The van der Waals surface area contributed by atoms with E-state index in [2.05, 4.69) is 5.32 Å². The third kappa shape index (κ3) is 5.10. The van der Waals surface area contributed by atoms with E-state index in [9.17, 15) is 9.59 Å². The van der Waals surface area contributed by atoms with E-state index in [1.165, 1.54) is 6.08 Å². The summed E-state index contributed by atoms with van der Waals surface area (Å²) in [6.07, 6.45) is 1.65. The fraction of sp³-hybridized carbons (Fsp3) is 0.333. The lowest BCUT2D eigenvalue weighted by atomic mass is 10.3. The second-order valence-corrected chi connectivity index (χ2v) is 2.04. The first kappa shape index (κ1) is 10.3. The number of urea groups is 1. The Kier molecular flexibility index (Phi) is 4.28. The minimum atomic E-state index is -1.17. The molecular weight excluding hydrogens is 162 g/mol. The lowest BCUT2D eigenvalue weighted by Crippen LogP contribution is -2.29. The van der Waals surface area contributed by atoms with Crippen LogP contribution >= 0.6 is 0 Å². The Morgan fingerprint density at radius 3 is 2.42 bits per heavy atom. The number of hydrogen-bond acceptors (Lipinski definition) is 3. The highest BCUT2D eigenvalue weighted by Crippen LogP contribution is 1.87. The van der Waals surface area contributed by atoms with E-state index in [1.54, 1.807) is 0 Å². The van der Waals surface area contributed by atoms with Gasteiger partial charge < -0.3 is 21.9 Å². The summed E-state index contributed by atoms with van der Waals surface area (Å²) in [6, 6.07) is -0.641. The topological polar surface area (TPSA) is 118 Å². The number of aliphatic carboxylic acids is 1. The predicted octanol–water partition coefficient (Wildman–Crippen LogP) is -1.03. The van der Waals surface area contributed by atoms with Gasteiger partial charge in [-0.15, -0.1) is 0 Å². The van der Waals surface area contributed by atoms with E-state index in [1.807, 2.05) is 0 Å². The summed E-state index contributed by atoms with van der Waals surface area (Å²) >= 11 is 0. The van der Waals surface area contributed by atoms with Crippen LogP contribution in [-0.4, -0.2) is 23.7 Å². The maximum Gasteiger partial charge on any atom is 0.351 e.